The van der Waals surface area contributed by atoms with Crippen molar-refractivity contribution in [2.45, 2.75) is 31.4 Å². The minimum atomic E-state index is -0.275. The van der Waals surface area contributed by atoms with Crippen LogP contribution in [0.25, 0.3) is 0 Å². The second-order valence-corrected chi connectivity index (χ2v) is 6.95. The SMILES string of the molecule is CNc1ncccc1C(=O)N[C@@H](c1ccc2c(c1)CCO2)C1CC(O)C1. The third-order valence-electron chi connectivity index (χ3n) is 5.27. The van der Waals surface area contributed by atoms with Gasteiger partial charge in [-0.25, -0.2) is 4.98 Å². The van der Waals surface area contributed by atoms with Crippen molar-refractivity contribution in [3.8, 4) is 5.75 Å². The molecule has 0 bridgehead atoms. The van der Waals surface area contributed by atoms with Crippen LogP contribution in [0, 0.1) is 5.92 Å². The van der Waals surface area contributed by atoms with E-state index in [4.69, 9.17) is 4.74 Å². The lowest BCUT2D eigenvalue weighted by molar-refractivity contribution is 0.0235. The highest BCUT2D eigenvalue weighted by molar-refractivity contribution is 5.98. The summed E-state index contributed by atoms with van der Waals surface area (Å²) in [6.45, 7) is 0.708. The van der Waals surface area contributed by atoms with Crippen LogP contribution < -0.4 is 15.4 Å². The number of hydrogen-bond acceptors (Lipinski definition) is 5. The van der Waals surface area contributed by atoms with E-state index in [1.54, 1.807) is 25.4 Å². The lowest BCUT2D eigenvalue weighted by Crippen LogP contribution is -2.41. The Kier molecular flexibility index (Phi) is 4.51. The average molecular weight is 353 g/mol. The molecule has 1 fully saturated rings. The number of benzene rings is 1. The molecule has 6 nitrogen and oxygen atoms in total. The normalized spacial score (nSPS) is 21.9. The van der Waals surface area contributed by atoms with Gasteiger partial charge in [-0.1, -0.05) is 6.07 Å². The first-order chi connectivity index (χ1) is 12.7. The molecule has 6 heteroatoms. The Morgan fingerprint density at radius 1 is 1.35 bits per heavy atom. The van der Waals surface area contributed by atoms with Crippen molar-refractivity contribution in [3.05, 3.63) is 53.2 Å². The molecule has 0 radical (unpaired) electrons. The molecule has 136 valence electrons. The monoisotopic (exact) mass is 353 g/mol. The summed E-state index contributed by atoms with van der Waals surface area (Å²) < 4.78 is 5.59. The van der Waals surface area contributed by atoms with E-state index in [-0.39, 0.29) is 24.0 Å². The largest absolute Gasteiger partial charge is 0.493 e. The second-order valence-electron chi connectivity index (χ2n) is 6.95. The van der Waals surface area contributed by atoms with Crippen LogP contribution in [0.2, 0.25) is 0 Å². The van der Waals surface area contributed by atoms with E-state index >= 15 is 0 Å². The Morgan fingerprint density at radius 3 is 2.96 bits per heavy atom. The zero-order valence-electron chi connectivity index (χ0n) is 14.7. The molecule has 1 aliphatic carbocycles. The van der Waals surface area contributed by atoms with Gasteiger partial charge < -0.3 is 20.5 Å². The van der Waals surface area contributed by atoms with Gasteiger partial charge in [0.2, 0.25) is 0 Å². The van der Waals surface area contributed by atoms with Gasteiger partial charge in [0.05, 0.1) is 24.3 Å². The van der Waals surface area contributed by atoms with E-state index in [0.717, 1.165) is 17.7 Å². The summed E-state index contributed by atoms with van der Waals surface area (Å²) in [4.78, 5) is 17.1. The molecule has 1 saturated carbocycles. The fraction of sp³-hybridized carbons (Fsp3) is 0.400. The van der Waals surface area contributed by atoms with Crippen LogP contribution in [0.5, 0.6) is 5.75 Å². The fourth-order valence-corrected chi connectivity index (χ4v) is 3.78. The van der Waals surface area contributed by atoms with Crippen LogP contribution in [-0.2, 0) is 6.42 Å². The number of rotatable bonds is 5. The van der Waals surface area contributed by atoms with E-state index in [1.165, 1.54) is 5.56 Å². The van der Waals surface area contributed by atoms with Gasteiger partial charge in [-0.3, -0.25) is 4.79 Å². The van der Waals surface area contributed by atoms with Crippen molar-refractivity contribution >= 4 is 11.7 Å². The predicted octanol–water partition coefficient (Wildman–Crippen LogP) is 2.30. The van der Waals surface area contributed by atoms with Crippen LogP contribution in [-0.4, -0.2) is 35.8 Å². The number of carbonyl (C=O) groups is 1. The van der Waals surface area contributed by atoms with Gasteiger partial charge in [0, 0.05) is 19.7 Å². The summed E-state index contributed by atoms with van der Waals surface area (Å²) in [6.07, 6.45) is 3.67. The molecule has 1 atom stereocenters. The van der Waals surface area contributed by atoms with Crippen LogP contribution in [0.4, 0.5) is 5.82 Å². The first-order valence-electron chi connectivity index (χ1n) is 9.03. The maximum absolute atomic E-state index is 12.9. The highest BCUT2D eigenvalue weighted by Crippen LogP contribution is 2.40. The van der Waals surface area contributed by atoms with Crippen molar-refractivity contribution in [1.29, 1.82) is 0 Å². The Morgan fingerprint density at radius 2 is 2.19 bits per heavy atom. The summed E-state index contributed by atoms with van der Waals surface area (Å²) >= 11 is 0. The van der Waals surface area contributed by atoms with Crippen molar-refractivity contribution in [3.63, 3.8) is 0 Å². The van der Waals surface area contributed by atoms with Crippen LogP contribution in [0.1, 0.15) is 40.4 Å². The van der Waals surface area contributed by atoms with Gasteiger partial charge in [0.15, 0.2) is 0 Å². The molecular weight excluding hydrogens is 330 g/mol. The molecule has 3 N–H and O–H groups in total. The van der Waals surface area contributed by atoms with Crippen LogP contribution in [0.3, 0.4) is 0 Å². The molecule has 0 saturated heterocycles. The fourth-order valence-electron chi connectivity index (χ4n) is 3.78. The highest BCUT2D eigenvalue weighted by Gasteiger charge is 2.36. The molecule has 2 aliphatic rings. The highest BCUT2D eigenvalue weighted by atomic mass is 16.5. The first kappa shape index (κ1) is 16.8. The van der Waals surface area contributed by atoms with Crippen LogP contribution in [0.15, 0.2) is 36.5 Å². The average Bonchev–Trinajstić information content (AvgIpc) is 3.11. The van der Waals surface area contributed by atoms with Gasteiger partial charge in [-0.05, 0) is 54.2 Å². The molecule has 1 aliphatic heterocycles. The molecule has 2 aromatic rings. The zero-order valence-corrected chi connectivity index (χ0v) is 14.7. The molecule has 1 aromatic carbocycles. The van der Waals surface area contributed by atoms with Gasteiger partial charge >= 0.3 is 0 Å². The summed E-state index contributed by atoms with van der Waals surface area (Å²) in [5, 5.41) is 15.9. The van der Waals surface area contributed by atoms with E-state index in [2.05, 4.69) is 21.7 Å². The number of ether oxygens (including phenoxy) is 1. The van der Waals surface area contributed by atoms with E-state index in [9.17, 15) is 9.90 Å². The minimum Gasteiger partial charge on any atom is -0.493 e. The van der Waals surface area contributed by atoms with Gasteiger partial charge in [0.1, 0.15) is 11.6 Å². The molecule has 0 spiro atoms. The van der Waals surface area contributed by atoms with Crippen molar-refractivity contribution in [2.24, 2.45) is 5.92 Å². The number of aliphatic hydroxyl groups excluding tert-OH is 1. The lowest BCUT2D eigenvalue weighted by atomic mass is 9.74. The number of nitrogens with one attached hydrogen (secondary N) is 2. The lowest BCUT2D eigenvalue weighted by Gasteiger charge is -2.38. The molecule has 0 unspecified atom stereocenters. The zero-order chi connectivity index (χ0) is 18.1. The maximum Gasteiger partial charge on any atom is 0.255 e. The topological polar surface area (TPSA) is 83.5 Å². The number of aromatic nitrogens is 1. The van der Waals surface area contributed by atoms with Crippen LogP contribution >= 0.6 is 0 Å². The Balaban J connectivity index is 1.61. The van der Waals surface area contributed by atoms with Crippen molar-refractivity contribution < 1.29 is 14.6 Å². The number of pyridine rings is 1. The van der Waals surface area contributed by atoms with Crippen molar-refractivity contribution in [1.82, 2.24) is 10.3 Å². The molecule has 2 heterocycles. The molecule has 1 amide bonds. The number of fused-ring (bicyclic) bond motifs is 1. The summed E-state index contributed by atoms with van der Waals surface area (Å²) in [6, 6.07) is 9.50. The minimum absolute atomic E-state index is 0.137. The standard InChI is InChI=1S/C20H23N3O3/c1-21-19-16(3-2-7-22-19)20(25)23-18(14-10-15(24)11-14)13-4-5-17-12(9-13)6-8-26-17/h2-5,7,9,14-15,18,24H,6,8,10-11H2,1H3,(H,21,22)(H,23,25)/t14?,15?,18-/m0/s1. The number of nitrogens with zero attached hydrogens (tertiary/aromatic N) is 1. The Hall–Kier alpha value is -2.60. The number of carbonyl (C=O) groups excluding carboxylic acids is 1. The van der Waals surface area contributed by atoms with Gasteiger partial charge in [-0.2, -0.15) is 0 Å². The number of anilines is 1. The molecule has 4 rings (SSSR count). The van der Waals surface area contributed by atoms with E-state index in [0.29, 0.717) is 30.8 Å². The first-order valence-corrected chi connectivity index (χ1v) is 9.03. The molecule has 1 aromatic heterocycles. The van der Waals surface area contributed by atoms with E-state index in [1.807, 2.05) is 12.1 Å². The Bertz CT molecular complexity index is 818. The molecular formula is C20H23N3O3. The number of hydrogen-bond donors (Lipinski definition) is 3. The third-order valence-corrected chi connectivity index (χ3v) is 5.27. The number of aliphatic hydroxyl groups is 1. The van der Waals surface area contributed by atoms with Gasteiger partial charge in [0.25, 0.3) is 5.91 Å². The van der Waals surface area contributed by atoms with E-state index < -0.39 is 0 Å². The molecule has 26 heavy (non-hydrogen) atoms. The number of amides is 1. The van der Waals surface area contributed by atoms with Crippen molar-refractivity contribution in [2.75, 3.05) is 19.0 Å². The summed E-state index contributed by atoms with van der Waals surface area (Å²) in [7, 11) is 1.75. The smallest absolute Gasteiger partial charge is 0.255 e. The Labute approximate surface area is 152 Å². The quantitative estimate of drug-likeness (QED) is 0.768. The summed E-state index contributed by atoms with van der Waals surface area (Å²) in [5.74, 6) is 1.55. The predicted molar refractivity (Wildman–Crippen MR) is 98.4 cm³/mol. The maximum atomic E-state index is 12.9. The second kappa shape index (κ2) is 6.96. The summed E-state index contributed by atoms with van der Waals surface area (Å²) in [5.41, 5.74) is 2.76. The third kappa shape index (κ3) is 3.12. The van der Waals surface area contributed by atoms with Gasteiger partial charge in [-0.15, -0.1) is 0 Å².